The molecule has 0 saturated carbocycles. The van der Waals surface area contributed by atoms with E-state index in [-0.39, 0.29) is 5.76 Å². The molecular weight excluding hydrogens is 266 g/mol. The van der Waals surface area contributed by atoms with Crippen LogP contribution >= 0.6 is 0 Å². The number of hydrogen-bond acceptors (Lipinski definition) is 4. The summed E-state index contributed by atoms with van der Waals surface area (Å²) in [5.74, 6) is 5.72. The summed E-state index contributed by atoms with van der Waals surface area (Å²) < 4.78 is 5.59. The molecule has 0 aliphatic carbocycles. The Morgan fingerprint density at radius 3 is 2.38 bits per heavy atom. The number of hydrogen-bond donors (Lipinski definition) is 2. The third kappa shape index (κ3) is 3.44. The largest absolute Gasteiger partial charge is 0.454 e. The van der Waals surface area contributed by atoms with Gasteiger partial charge >= 0.3 is 5.91 Å². The van der Waals surface area contributed by atoms with Gasteiger partial charge in [0.2, 0.25) is 0 Å². The van der Waals surface area contributed by atoms with Crippen LogP contribution in [0.4, 0.5) is 5.69 Å². The Morgan fingerprint density at radius 1 is 1.19 bits per heavy atom. The molecule has 112 valence electrons. The minimum absolute atomic E-state index is 0.265. The van der Waals surface area contributed by atoms with Gasteiger partial charge in [0.1, 0.15) is 5.76 Å². The fourth-order valence-corrected chi connectivity index (χ4v) is 2.41. The summed E-state index contributed by atoms with van der Waals surface area (Å²) >= 11 is 0. The lowest BCUT2D eigenvalue weighted by molar-refractivity contribution is 0.0923. The highest BCUT2D eigenvalue weighted by Crippen LogP contribution is 2.21. The van der Waals surface area contributed by atoms with Crippen LogP contribution in [-0.2, 0) is 6.54 Å². The molecule has 2 aromatic rings. The molecule has 0 atom stereocenters. The van der Waals surface area contributed by atoms with Gasteiger partial charge < -0.3 is 9.32 Å². The third-order valence-electron chi connectivity index (χ3n) is 3.35. The molecule has 1 amide bonds. The Morgan fingerprint density at radius 2 is 1.81 bits per heavy atom. The molecule has 0 radical (unpaired) electrons. The molecule has 1 aromatic carbocycles. The van der Waals surface area contributed by atoms with Crippen LogP contribution in [-0.4, -0.2) is 13.0 Å². The fourth-order valence-electron chi connectivity index (χ4n) is 2.41. The van der Waals surface area contributed by atoms with Crippen molar-refractivity contribution in [3.8, 4) is 0 Å². The molecule has 5 nitrogen and oxygen atoms in total. The number of carbonyl (C=O) groups excluding carboxylic acids is 1. The number of amides is 1. The van der Waals surface area contributed by atoms with Gasteiger partial charge in [0.05, 0.1) is 6.54 Å². The molecule has 0 unspecified atom stereocenters. The lowest BCUT2D eigenvalue weighted by Gasteiger charge is -2.19. The summed E-state index contributed by atoms with van der Waals surface area (Å²) in [6, 6.07) is 8.24. The molecule has 0 saturated heterocycles. The van der Waals surface area contributed by atoms with E-state index < -0.39 is 5.91 Å². The topological polar surface area (TPSA) is 71.5 Å². The van der Waals surface area contributed by atoms with Gasteiger partial charge in [-0.1, -0.05) is 6.07 Å². The highest BCUT2D eigenvalue weighted by molar-refractivity contribution is 5.92. The second-order valence-corrected chi connectivity index (χ2v) is 5.40. The lowest BCUT2D eigenvalue weighted by atomic mass is 10.1. The predicted molar refractivity (Wildman–Crippen MR) is 83.1 cm³/mol. The fraction of sp³-hybridized carbons (Fsp3) is 0.312. The summed E-state index contributed by atoms with van der Waals surface area (Å²) in [5, 5.41) is 0. The van der Waals surface area contributed by atoms with E-state index in [2.05, 4.69) is 42.4 Å². The Labute approximate surface area is 124 Å². The van der Waals surface area contributed by atoms with Crippen LogP contribution in [0.15, 0.2) is 28.7 Å². The Balaban J connectivity index is 2.19. The van der Waals surface area contributed by atoms with Gasteiger partial charge in [-0.05, 0) is 50.1 Å². The molecule has 1 aromatic heterocycles. The van der Waals surface area contributed by atoms with E-state index >= 15 is 0 Å². The van der Waals surface area contributed by atoms with Crippen LogP contribution in [0.1, 0.15) is 33.0 Å². The van der Waals surface area contributed by atoms with Crippen LogP contribution in [0, 0.1) is 20.8 Å². The van der Waals surface area contributed by atoms with Gasteiger partial charge in [-0.3, -0.25) is 10.2 Å². The maximum Gasteiger partial charge on any atom is 0.301 e. The van der Waals surface area contributed by atoms with Gasteiger partial charge in [-0.2, -0.15) is 0 Å². The number of anilines is 1. The maximum absolute atomic E-state index is 11.5. The summed E-state index contributed by atoms with van der Waals surface area (Å²) in [6.07, 6.45) is 0. The lowest BCUT2D eigenvalue weighted by Crippen LogP contribution is -2.30. The second kappa shape index (κ2) is 6.01. The predicted octanol–water partition coefficient (Wildman–Crippen LogP) is 2.44. The third-order valence-corrected chi connectivity index (χ3v) is 3.35. The van der Waals surface area contributed by atoms with Crippen molar-refractivity contribution in [1.82, 2.24) is 5.43 Å². The van der Waals surface area contributed by atoms with Crippen molar-refractivity contribution in [2.75, 3.05) is 11.9 Å². The van der Waals surface area contributed by atoms with Crippen LogP contribution in [0.25, 0.3) is 0 Å². The number of rotatable bonds is 4. The Bertz CT molecular complexity index is 641. The SMILES string of the molecule is Cc1cc(C)cc(N(C)Cc2cc(C)c(C(=O)NN)o2)c1. The zero-order chi connectivity index (χ0) is 15.6. The summed E-state index contributed by atoms with van der Waals surface area (Å²) in [7, 11) is 1.99. The number of furan rings is 1. The van der Waals surface area contributed by atoms with Gasteiger partial charge in [0.15, 0.2) is 5.76 Å². The van der Waals surface area contributed by atoms with Crippen molar-refractivity contribution < 1.29 is 9.21 Å². The monoisotopic (exact) mass is 287 g/mol. The number of carbonyl (C=O) groups is 1. The van der Waals surface area contributed by atoms with Crippen LogP contribution < -0.4 is 16.2 Å². The normalized spacial score (nSPS) is 10.5. The second-order valence-electron chi connectivity index (χ2n) is 5.40. The Hall–Kier alpha value is -2.27. The summed E-state index contributed by atoms with van der Waals surface area (Å²) in [5.41, 5.74) is 6.42. The molecule has 0 aliphatic rings. The zero-order valence-corrected chi connectivity index (χ0v) is 12.9. The minimum atomic E-state index is -0.409. The first-order valence-corrected chi connectivity index (χ1v) is 6.80. The van der Waals surface area contributed by atoms with Gasteiger partial charge in [-0.25, -0.2) is 5.84 Å². The van der Waals surface area contributed by atoms with Crippen LogP contribution in [0.3, 0.4) is 0 Å². The van der Waals surface area contributed by atoms with Crippen molar-refractivity contribution in [2.45, 2.75) is 27.3 Å². The maximum atomic E-state index is 11.5. The average Bonchev–Trinajstić information content (AvgIpc) is 2.77. The van der Waals surface area contributed by atoms with Crippen molar-refractivity contribution in [3.05, 3.63) is 52.5 Å². The quantitative estimate of drug-likeness (QED) is 0.515. The van der Waals surface area contributed by atoms with Crippen LogP contribution in [0.2, 0.25) is 0 Å². The standard InChI is InChI=1S/C16H21N3O2/c1-10-5-11(2)7-13(6-10)19(4)9-14-8-12(3)15(21-14)16(20)18-17/h5-8H,9,17H2,1-4H3,(H,18,20). The molecular formula is C16H21N3O2. The molecule has 1 heterocycles. The van der Waals surface area contributed by atoms with E-state index in [0.717, 1.165) is 17.0 Å². The zero-order valence-electron chi connectivity index (χ0n) is 12.9. The van der Waals surface area contributed by atoms with E-state index in [0.29, 0.717) is 6.54 Å². The van der Waals surface area contributed by atoms with E-state index in [1.165, 1.54) is 11.1 Å². The van der Waals surface area contributed by atoms with Gasteiger partial charge in [0.25, 0.3) is 0 Å². The van der Waals surface area contributed by atoms with E-state index in [4.69, 9.17) is 10.3 Å². The smallest absolute Gasteiger partial charge is 0.301 e. The van der Waals surface area contributed by atoms with E-state index in [9.17, 15) is 4.79 Å². The van der Waals surface area contributed by atoms with Crippen molar-refractivity contribution in [3.63, 3.8) is 0 Å². The first-order valence-electron chi connectivity index (χ1n) is 6.80. The highest BCUT2D eigenvalue weighted by Gasteiger charge is 2.15. The molecule has 5 heteroatoms. The Kier molecular flexibility index (Phi) is 4.33. The molecule has 0 fully saturated rings. The average molecular weight is 287 g/mol. The first-order chi connectivity index (χ1) is 9.90. The first kappa shape index (κ1) is 15.1. The minimum Gasteiger partial charge on any atom is -0.454 e. The van der Waals surface area contributed by atoms with Crippen molar-refractivity contribution in [1.29, 1.82) is 0 Å². The number of aryl methyl sites for hydroxylation is 3. The van der Waals surface area contributed by atoms with Crippen molar-refractivity contribution in [2.24, 2.45) is 5.84 Å². The summed E-state index contributed by atoms with van der Waals surface area (Å²) in [4.78, 5) is 13.6. The number of nitrogens with zero attached hydrogens (tertiary/aromatic N) is 1. The van der Waals surface area contributed by atoms with E-state index in [1.807, 2.05) is 20.0 Å². The number of hydrazine groups is 1. The molecule has 0 bridgehead atoms. The number of nitrogens with two attached hydrogens (primary N) is 1. The molecule has 0 spiro atoms. The highest BCUT2D eigenvalue weighted by atomic mass is 16.4. The molecule has 3 N–H and O–H groups in total. The molecule has 0 aliphatic heterocycles. The number of nitrogen functional groups attached to an aromatic ring is 1. The van der Waals surface area contributed by atoms with Crippen LogP contribution in [0.5, 0.6) is 0 Å². The van der Waals surface area contributed by atoms with Gasteiger partial charge in [0, 0.05) is 18.3 Å². The summed E-state index contributed by atoms with van der Waals surface area (Å²) in [6.45, 7) is 6.56. The molecule has 21 heavy (non-hydrogen) atoms. The number of nitrogens with one attached hydrogen (secondary N) is 1. The molecule has 2 rings (SSSR count). The van der Waals surface area contributed by atoms with Crippen molar-refractivity contribution >= 4 is 11.6 Å². The van der Waals surface area contributed by atoms with E-state index in [1.54, 1.807) is 0 Å². The van der Waals surface area contributed by atoms with Gasteiger partial charge in [-0.15, -0.1) is 0 Å². The number of benzene rings is 1.